The van der Waals surface area contributed by atoms with Crippen LogP contribution < -0.4 is 5.32 Å². The first-order chi connectivity index (χ1) is 8.20. The van der Waals surface area contributed by atoms with Gasteiger partial charge in [-0.1, -0.05) is 34.6 Å². The number of hydrogen-bond acceptors (Lipinski definition) is 3. The van der Waals surface area contributed by atoms with Crippen LogP contribution in [0.2, 0.25) is 0 Å². The van der Waals surface area contributed by atoms with Crippen LogP contribution in [0.15, 0.2) is 0 Å². The maximum atomic E-state index is 12.0. The minimum absolute atomic E-state index is 0.00102. The highest BCUT2D eigenvalue weighted by atomic mass is 16.5. The predicted octanol–water partition coefficient (Wildman–Crippen LogP) is 2.37. The van der Waals surface area contributed by atoms with Crippen LogP contribution in [0, 0.1) is 17.3 Å². The molecular formula is C14H27NO3. The second-order valence-corrected chi connectivity index (χ2v) is 5.95. The number of esters is 1. The van der Waals surface area contributed by atoms with Crippen molar-refractivity contribution in [1.82, 2.24) is 5.32 Å². The van der Waals surface area contributed by atoms with Crippen molar-refractivity contribution in [2.24, 2.45) is 17.3 Å². The average Bonchev–Trinajstić information content (AvgIpc) is 2.26. The van der Waals surface area contributed by atoms with E-state index in [4.69, 9.17) is 0 Å². The van der Waals surface area contributed by atoms with Gasteiger partial charge in [0.25, 0.3) is 0 Å². The van der Waals surface area contributed by atoms with Gasteiger partial charge in [-0.3, -0.25) is 9.59 Å². The van der Waals surface area contributed by atoms with Gasteiger partial charge in [0.2, 0.25) is 5.91 Å². The highest BCUT2D eigenvalue weighted by molar-refractivity contribution is 5.82. The minimum atomic E-state index is -0.551. The van der Waals surface area contributed by atoms with Crippen LogP contribution in [-0.2, 0) is 14.3 Å². The summed E-state index contributed by atoms with van der Waals surface area (Å²) in [5.74, 6) is 0.0419. The van der Waals surface area contributed by atoms with E-state index in [-0.39, 0.29) is 17.8 Å². The summed E-state index contributed by atoms with van der Waals surface area (Å²) in [4.78, 5) is 23.4. The van der Waals surface area contributed by atoms with Gasteiger partial charge in [-0.15, -0.1) is 0 Å². The zero-order valence-corrected chi connectivity index (χ0v) is 12.5. The Kier molecular flexibility index (Phi) is 6.96. The topological polar surface area (TPSA) is 55.4 Å². The molecule has 0 aromatic heterocycles. The number of rotatable bonds is 7. The van der Waals surface area contributed by atoms with Crippen LogP contribution in [-0.4, -0.2) is 25.5 Å². The Bertz CT molecular complexity index is 285. The lowest BCUT2D eigenvalue weighted by Crippen LogP contribution is -2.39. The molecule has 0 aliphatic heterocycles. The van der Waals surface area contributed by atoms with Crippen molar-refractivity contribution in [2.75, 3.05) is 13.7 Å². The van der Waals surface area contributed by atoms with E-state index in [0.717, 1.165) is 6.42 Å². The molecule has 0 bridgehead atoms. The standard InChI is InChI=1S/C14H27NO3/c1-10(2)7-8-15-13(17)14(4,5)9-11(3)12(16)18-6/h10-11H,7-9H2,1-6H3,(H,15,17). The van der Waals surface area contributed by atoms with Crippen LogP contribution in [0.25, 0.3) is 0 Å². The van der Waals surface area contributed by atoms with Crippen molar-refractivity contribution in [3.05, 3.63) is 0 Å². The molecule has 0 aliphatic carbocycles. The number of hydrogen-bond donors (Lipinski definition) is 1. The Hall–Kier alpha value is -1.06. The first kappa shape index (κ1) is 16.9. The van der Waals surface area contributed by atoms with Crippen molar-refractivity contribution in [2.45, 2.75) is 47.5 Å². The second-order valence-electron chi connectivity index (χ2n) is 5.95. The Labute approximate surface area is 110 Å². The van der Waals surface area contributed by atoms with Gasteiger partial charge in [0.15, 0.2) is 0 Å². The van der Waals surface area contributed by atoms with E-state index < -0.39 is 5.41 Å². The number of nitrogens with one attached hydrogen (secondary N) is 1. The number of ether oxygens (including phenoxy) is 1. The van der Waals surface area contributed by atoms with Crippen molar-refractivity contribution in [3.8, 4) is 0 Å². The Morgan fingerprint density at radius 3 is 2.22 bits per heavy atom. The molecule has 1 N–H and O–H groups in total. The van der Waals surface area contributed by atoms with Gasteiger partial charge in [-0.2, -0.15) is 0 Å². The summed E-state index contributed by atoms with van der Waals surface area (Å²) in [6.07, 6.45) is 1.46. The summed E-state index contributed by atoms with van der Waals surface area (Å²) in [6, 6.07) is 0. The molecule has 106 valence electrons. The van der Waals surface area contributed by atoms with E-state index >= 15 is 0 Å². The SMILES string of the molecule is COC(=O)C(C)CC(C)(C)C(=O)NCCC(C)C. The van der Waals surface area contributed by atoms with Crippen LogP contribution in [0.3, 0.4) is 0 Å². The number of methoxy groups -OCH3 is 1. The summed E-state index contributed by atoms with van der Waals surface area (Å²) in [5, 5.41) is 2.93. The van der Waals surface area contributed by atoms with Gasteiger partial charge in [0.05, 0.1) is 13.0 Å². The van der Waals surface area contributed by atoms with Crippen molar-refractivity contribution in [1.29, 1.82) is 0 Å². The molecule has 4 heteroatoms. The zero-order chi connectivity index (χ0) is 14.3. The fraction of sp³-hybridized carbons (Fsp3) is 0.857. The summed E-state index contributed by atoms with van der Waals surface area (Å²) >= 11 is 0. The van der Waals surface area contributed by atoms with Gasteiger partial charge in [-0.05, 0) is 18.8 Å². The third-order valence-electron chi connectivity index (χ3n) is 3.04. The fourth-order valence-corrected chi connectivity index (χ4v) is 1.86. The zero-order valence-electron chi connectivity index (χ0n) is 12.5. The summed E-state index contributed by atoms with van der Waals surface area (Å²) in [6.45, 7) is 10.4. The average molecular weight is 257 g/mol. The lowest BCUT2D eigenvalue weighted by Gasteiger charge is -2.26. The van der Waals surface area contributed by atoms with Gasteiger partial charge < -0.3 is 10.1 Å². The molecule has 0 fully saturated rings. The quantitative estimate of drug-likeness (QED) is 0.712. The normalized spacial score (nSPS) is 13.3. The first-order valence-corrected chi connectivity index (χ1v) is 6.56. The summed E-state index contributed by atoms with van der Waals surface area (Å²) < 4.78 is 4.68. The molecule has 0 spiro atoms. The van der Waals surface area contributed by atoms with Gasteiger partial charge in [0.1, 0.15) is 0 Å². The van der Waals surface area contributed by atoms with Crippen LogP contribution in [0.5, 0.6) is 0 Å². The molecule has 0 aliphatic rings. The smallest absolute Gasteiger partial charge is 0.308 e. The fourth-order valence-electron chi connectivity index (χ4n) is 1.86. The second kappa shape index (κ2) is 7.39. The van der Waals surface area contributed by atoms with Gasteiger partial charge in [-0.25, -0.2) is 0 Å². The monoisotopic (exact) mass is 257 g/mol. The molecule has 1 amide bonds. The molecule has 4 nitrogen and oxygen atoms in total. The summed E-state index contributed by atoms with van der Waals surface area (Å²) in [5.41, 5.74) is -0.551. The Morgan fingerprint density at radius 2 is 1.78 bits per heavy atom. The third kappa shape index (κ3) is 6.03. The maximum absolute atomic E-state index is 12.0. The van der Waals surface area contributed by atoms with E-state index in [1.54, 1.807) is 6.92 Å². The highest BCUT2D eigenvalue weighted by Crippen LogP contribution is 2.26. The molecule has 1 unspecified atom stereocenters. The molecule has 0 saturated heterocycles. The Morgan fingerprint density at radius 1 is 1.22 bits per heavy atom. The number of amides is 1. The lowest BCUT2D eigenvalue weighted by molar-refractivity contribution is -0.146. The molecule has 0 heterocycles. The third-order valence-corrected chi connectivity index (χ3v) is 3.04. The minimum Gasteiger partial charge on any atom is -0.469 e. The van der Waals surface area contributed by atoms with E-state index in [2.05, 4.69) is 23.9 Å². The number of carbonyl (C=O) groups excluding carboxylic acids is 2. The number of carbonyl (C=O) groups is 2. The van der Waals surface area contributed by atoms with E-state index in [1.165, 1.54) is 7.11 Å². The van der Waals surface area contributed by atoms with Gasteiger partial charge in [0, 0.05) is 12.0 Å². The largest absolute Gasteiger partial charge is 0.469 e. The molecule has 0 radical (unpaired) electrons. The van der Waals surface area contributed by atoms with Crippen LogP contribution >= 0.6 is 0 Å². The molecule has 0 aromatic rings. The van der Waals surface area contributed by atoms with E-state index in [9.17, 15) is 9.59 Å². The molecule has 0 aromatic carbocycles. The predicted molar refractivity (Wildman–Crippen MR) is 72.0 cm³/mol. The molecule has 0 saturated carbocycles. The van der Waals surface area contributed by atoms with Crippen molar-refractivity contribution < 1.29 is 14.3 Å². The lowest BCUT2D eigenvalue weighted by atomic mass is 9.82. The van der Waals surface area contributed by atoms with E-state index in [0.29, 0.717) is 18.9 Å². The molecular weight excluding hydrogens is 230 g/mol. The summed E-state index contributed by atoms with van der Waals surface area (Å²) in [7, 11) is 1.37. The Balaban J connectivity index is 4.26. The molecule has 1 atom stereocenters. The molecule has 0 rings (SSSR count). The van der Waals surface area contributed by atoms with E-state index in [1.807, 2.05) is 13.8 Å². The van der Waals surface area contributed by atoms with Crippen LogP contribution in [0.1, 0.15) is 47.5 Å². The highest BCUT2D eigenvalue weighted by Gasteiger charge is 2.31. The van der Waals surface area contributed by atoms with Crippen molar-refractivity contribution >= 4 is 11.9 Å². The van der Waals surface area contributed by atoms with Crippen LogP contribution in [0.4, 0.5) is 0 Å². The first-order valence-electron chi connectivity index (χ1n) is 6.56. The van der Waals surface area contributed by atoms with Gasteiger partial charge >= 0.3 is 5.97 Å². The van der Waals surface area contributed by atoms with Crippen molar-refractivity contribution in [3.63, 3.8) is 0 Å². The molecule has 18 heavy (non-hydrogen) atoms. The maximum Gasteiger partial charge on any atom is 0.308 e.